The summed E-state index contributed by atoms with van der Waals surface area (Å²) in [4.78, 5) is 17.4. The lowest BCUT2D eigenvalue weighted by molar-refractivity contribution is -0.140. The SMILES string of the molecule is CCC1CCCC1(Sc1ccnc2ccc(Br)cc12)C(=O)O. The number of carbonyl (C=O) groups is 1. The Morgan fingerprint density at radius 2 is 2.32 bits per heavy atom. The maximum Gasteiger partial charge on any atom is 0.320 e. The Bertz CT molecular complexity index is 721. The van der Waals surface area contributed by atoms with Gasteiger partial charge in [-0.05, 0) is 43.0 Å². The van der Waals surface area contributed by atoms with Gasteiger partial charge in [0.1, 0.15) is 4.75 Å². The quantitative estimate of drug-likeness (QED) is 0.800. The molecule has 0 radical (unpaired) electrons. The van der Waals surface area contributed by atoms with E-state index in [1.165, 1.54) is 11.8 Å². The third kappa shape index (κ3) is 2.65. The fourth-order valence-corrected chi connectivity index (χ4v) is 5.36. The van der Waals surface area contributed by atoms with E-state index in [0.29, 0.717) is 0 Å². The van der Waals surface area contributed by atoms with Gasteiger partial charge in [-0.25, -0.2) is 0 Å². The number of fused-ring (bicyclic) bond motifs is 1. The van der Waals surface area contributed by atoms with Crippen molar-refractivity contribution >= 4 is 44.6 Å². The molecule has 22 heavy (non-hydrogen) atoms. The third-order valence-corrected chi connectivity index (χ3v) is 6.72. The summed E-state index contributed by atoms with van der Waals surface area (Å²) < 4.78 is 0.281. The molecule has 116 valence electrons. The van der Waals surface area contributed by atoms with Gasteiger partial charge in [0.05, 0.1) is 5.52 Å². The van der Waals surface area contributed by atoms with E-state index in [0.717, 1.165) is 46.0 Å². The van der Waals surface area contributed by atoms with E-state index in [1.54, 1.807) is 6.20 Å². The molecule has 3 nitrogen and oxygen atoms in total. The minimum atomic E-state index is -0.703. The van der Waals surface area contributed by atoms with Crippen LogP contribution in [0.1, 0.15) is 32.6 Å². The first kappa shape index (κ1) is 15.8. The van der Waals surface area contributed by atoms with Crippen LogP contribution in [-0.2, 0) is 4.79 Å². The number of rotatable bonds is 4. The molecule has 1 fully saturated rings. The molecule has 1 aromatic carbocycles. The molecular formula is C17H18BrNO2S. The number of hydrogen-bond acceptors (Lipinski definition) is 3. The first-order valence-electron chi connectivity index (χ1n) is 7.53. The van der Waals surface area contributed by atoms with Gasteiger partial charge in [-0.2, -0.15) is 0 Å². The fourth-order valence-electron chi connectivity index (χ4n) is 3.42. The molecule has 5 heteroatoms. The summed E-state index contributed by atoms with van der Waals surface area (Å²) in [6.07, 6.45) is 5.41. The summed E-state index contributed by atoms with van der Waals surface area (Å²) in [5.41, 5.74) is 0.903. The van der Waals surface area contributed by atoms with Crippen LogP contribution in [0.5, 0.6) is 0 Å². The van der Waals surface area contributed by atoms with E-state index in [-0.39, 0.29) is 5.92 Å². The monoisotopic (exact) mass is 379 g/mol. The lowest BCUT2D eigenvalue weighted by atomic mass is 9.93. The smallest absolute Gasteiger partial charge is 0.320 e. The van der Waals surface area contributed by atoms with E-state index in [2.05, 4.69) is 27.8 Å². The highest BCUT2D eigenvalue weighted by molar-refractivity contribution is 9.10. The summed E-state index contributed by atoms with van der Waals surface area (Å²) in [5.74, 6) is -0.452. The third-order valence-electron chi connectivity index (χ3n) is 4.57. The van der Waals surface area contributed by atoms with Gasteiger partial charge in [-0.3, -0.25) is 9.78 Å². The van der Waals surface area contributed by atoms with Gasteiger partial charge in [-0.1, -0.05) is 35.7 Å². The van der Waals surface area contributed by atoms with Gasteiger partial charge in [0.15, 0.2) is 0 Å². The van der Waals surface area contributed by atoms with Gasteiger partial charge in [-0.15, -0.1) is 11.8 Å². The molecule has 1 aromatic heterocycles. The zero-order valence-corrected chi connectivity index (χ0v) is 14.8. The van der Waals surface area contributed by atoms with Crippen LogP contribution in [-0.4, -0.2) is 20.8 Å². The maximum atomic E-state index is 12.1. The Morgan fingerprint density at radius 3 is 3.05 bits per heavy atom. The predicted octanol–water partition coefficient (Wildman–Crippen LogP) is 5.12. The predicted molar refractivity (Wildman–Crippen MR) is 93.3 cm³/mol. The highest BCUT2D eigenvalue weighted by Crippen LogP contribution is 2.51. The average molecular weight is 380 g/mol. The van der Waals surface area contributed by atoms with Crippen molar-refractivity contribution in [2.45, 2.75) is 42.2 Å². The Morgan fingerprint density at radius 1 is 1.50 bits per heavy atom. The summed E-state index contributed by atoms with van der Waals surface area (Å²) in [5, 5.41) is 10.9. The number of aromatic nitrogens is 1. The van der Waals surface area contributed by atoms with Crippen LogP contribution in [0, 0.1) is 5.92 Å². The highest BCUT2D eigenvalue weighted by Gasteiger charge is 2.49. The van der Waals surface area contributed by atoms with Crippen LogP contribution in [0.2, 0.25) is 0 Å². The topological polar surface area (TPSA) is 50.2 Å². The van der Waals surface area contributed by atoms with Crippen molar-refractivity contribution < 1.29 is 9.90 Å². The summed E-state index contributed by atoms with van der Waals surface area (Å²) in [6.45, 7) is 2.09. The van der Waals surface area contributed by atoms with Crippen molar-refractivity contribution in [2.75, 3.05) is 0 Å². The highest BCUT2D eigenvalue weighted by atomic mass is 79.9. The Balaban J connectivity index is 2.08. The van der Waals surface area contributed by atoms with Gasteiger partial charge in [0.25, 0.3) is 0 Å². The van der Waals surface area contributed by atoms with Crippen molar-refractivity contribution in [3.8, 4) is 0 Å². The zero-order chi connectivity index (χ0) is 15.7. The molecule has 3 rings (SSSR count). The van der Waals surface area contributed by atoms with E-state index in [4.69, 9.17) is 0 Å². The maximum absolute atomic E-state index is 12.1. The van der Waals surface area contributed by atoms with Crippen LogP contribution in [0.3, 0.4) is 0 Å². The molecule has 1 saturated carbocycles. The van der Waals surface area contributed by atoms with Crippen LogP contribution >= 0.6 is 27.7 Å². The van der Waals surface area contributed by atoms with Gasteiger partial charge in [0, 0.05) is 21.0 Å². The largest absolute Gasteiger partial charge is 0.480 e. The van der Waals surface area contributed by atoms with Crippen LogP contribution < -0.4 is 0 Å². The Kier molecular flexibility index (Phi) is 4.46. The molecule has 0 bridgehead atoms. The average Bonchev–Trinajstić information content (AvgIpc) is 2.92. The number of thioether (sulfide) groups is 1. The molecule has 1 aliphatic rings. The van der Waals surface area contributed by atoms with Crippen molar-refractivity contribution in [3.63, 3.8) is 0 Å². The summed E-state index contributed by atoms with van der Waals surface area (Å²) in [7, 11) is 0. The lowest BCUT2D eigenvalue weighted by Crippen LogP contribution is -2.38. The molecule has 1 heterocycles. The molecule has 1 N–H and O–H groups in total. The van der Waals surface area contributed by atoms with Gasteiger partial charge >= 0.3 is 5.97 Å². The van der Waals surface area contributed by atoms with Gasteiger partial charge < -0.3 is 5.11 Å². The molecule has 0 aliphatic heterocycles. The van der Waals surface area contributed by atoms with Crippen molar-refractivity contribution in [3.05, 3.63) is 34.9 Å². The van der Waals surface area contributed by atoms with E-state index in [9.17, 15) is 9.90 Å². The molecule has 1 aliphatic carbocycles. The van der Waals surface area contributed by atoms with Crippen molar-refractivity contribution in [1.29, 1.82) is 0 Å². The summed E-state index contributed by atoms with van der Waals surface area (Å²) in [6, 6.07) is 7.88. The standard InChI is InChI=1S/C17H18BrNO2S/c1-2-11-4-3-8-17(11,16(20)21)22-15-7-9-19-14-6-5-12(18)10-13(14)15/h5-7,9-11H,2-4,8H2,1H3,(H,20,21). The lowest BCUT2D eigenvalue weighted by Gasteiger charge is -2.30. The second-order valence-electron chi connectivity index (χ2n) is 5.76. The normalized spacial score (nSPS) is 24.7. The van der Waals surface area contributed by atoms with E-state index in [1.807, 2.05) is 24.3 Å². The van der Waals surface area contributed by atoms with Crippen LogP contribution in [0.15, 0.2) is 39.8 Å². The molecule has 2 unspecified atom stereocenters. The number of pyridine rings is 1. The van der Waals surface area contributed by atoms with Crippen LogP contribution in [0.25, 0.3) is 10.9 Å². The zero-order valence-electron chi connectivity index (χ0n) is 12.4. The minimum absolute atomic E-state index is 0.227. The molecule has 0 saturated heterocycles. The van der Waals surface area contributed by atoms with E-state index < -0.39 is 10.7 Å². The number of aliphatic carboxylic acids is 1. The fraction of sp³-hybridized carbons (Fsp3) is 0.412. The second kappa shape index (κ2) is 6.20. The molecular weight excluding hydrogens is 362 g/mol. The first-order chi connectivity index (χ1) is 10.6. The molecule has 2 aromatic rings. The summed E-state index contributed by atoms with van der Waals surface area (Å²) >= 11 is 5.01. The number of benzene rings is 1. The minimum Gasteiger partial charge on any atom is -0.480 e. The van der Waals surface area contributed by atoms with Crippen molar-refractivity contribution in [1.82, 2.24) is 4.98 Å². The second-order valence-corrected chi connectivity index (χ2v) is 8.05. The number of hydrogen-bond donors (Lipinski definition) is 1. The Labute approximate surface area is 142 Å². The van der Waals surface area contributed by atoms with Crippen LogP contribution in [0.4, 0.5) is 0 Å². The number of carboxylic acid groups (broad SMARTS) is 1. The van der Waals surface area contributed by atoms with Gasteiger partial charge in [0.2, 0.25) is 0 Å². The van der Waals surface area contributed by atoms with Crippen molar-refractivity contribution in [2.24, 2.45) is 5.92 Å². The Hall–Kier alpha value is -1.07. The number of nitrogens with zero attached hydrogens (tertiary/aromatic N) is 1. The number of halogens is 1. The first-order valence-corrected chi connectivity index (χ1v) is 9.14. The molecule has 0 spiro atoms. The number of carboxylic acids is 1. The molecule has 0 amide bonds. The molecule has 2 atom stereocenters. The van der Waals surface area contributed by atoms with E-state index >= 15 is 0 Å².